The van der Waals surface area contributed by atoms with Gasteiger partial charge in [-0.1, -0.05) is 0 Å². The van der Waals surface area contributed by atoms with Crippen LogP contribution in [0, 0.1) is 0 Å². The highest BCUT2D eigenvalue weighted by Gasteiger charge is 2.24. The topological polar surface area (TPSA) is 123 Å². The number of aromatic nitrogens is 1. The van der Waals surface area contributed by atoms with Crippen molar-refractivity contribution in [2.24, 2.45) is 0 Å². The van der Waals surface area contributed by atoms with E-state index in [2.05, 4.69) is 46.1 Å². The molecule has 3 aliphatic heterocycles. The van der Waals surface area contributed by atoms with E-state index in [1.54, 1.807) is 6.20 Å². The van der Waals surface area contributed by atoms with Crippen molar-refractivity contribution in [2.45, 2.75) is 12.8 Å². The van der Waals surface area contributed by atoms with Crippen LogP contribution in [0.15, 0.2) is 12.3 Å². The van der Waals surface area contributed by atoms with Gasteiger partial charge in [-0.3, -0.25) is 9.80 Å². The molecule has 0 saturated carbocycles. The molecule has 12 nitrogen and oxygen atoms in total. The zero-order chi connectivity index (χ0) is 28.7. The van der Waals surface area contributed by atoms with Crippen LogP contribution in [-0.4, -0.2) is 179 Å². The highest BCUT2D eigenvalue weighted by molar-refractivity contribution is 5.72. The van der Waals surface area contributed by atoms with Gasteiger partial charge in [0.25, 0.3) is 0 Å². The number of aliphatic hydroxyl groups is 2. The minimum absolute atomic E-state index is 0.260. The summed E-state index contributed by atoms with van der Waals surface area (Å²) in [6, 6.07) is 2.08. The average molecular weight is 577 g/mol. The van der Waals surface area contributed by atoms with Crippen molar-refractivity contribution < 1.29 is 10.2 Å². The van der Waals surface area contributed by atoms with E-state index in [0.717, 1.165) is 161 Å². The monoisotopic (exact) mass is 576 g/mol. The molecule has 0 unspecified atom stereocenters. The largest absolute Gasteiger partial charge is 0.397 e. The molecule has 6 N–H and O–H groups in total. The van der Waals surface area contributed by atoms with Crippen molar-refractivity contribution in [1.82, 2.24) is 35.2 Å². The Morgan fingerprint density at radius 3 is 1.59 bits per heavy atom. The number of anilines is 3. The van der Waals surface area contributed by atoms with Crippen molar-refractivity contribution in [3.05, 3.63) is 12.3 Å². The van der Waals surface area contributed by atoms with Crippen LogP contribution in [0.3, 0.4) is 0 Å². The molecule has 2 fully saturated rings. The molecule has 0 atom stereocenters. The summed E-state index contributed by atoms with van der Waals surface area (Å²) in [7, 11) is 0. The van der Waals surface area contributed by atoms with Gasteiger partial charge in [0.15, 0.2) is 5.82 Å². The number of piperazine rings is 2. The van der Waals surface area contributed by atoms with Crippen molar-refractivity contribution in [3.63, 3.8) is 0 Å². The fourth-order valence-corrected chi connectivity index (χ4v) is 6.14. The van der Waals surface area contributed by atoms with E-state index in [4.69, 9.17) is 20.9 Å². The normalized spacial score (nSPS) is 19.7. The Labute approximate surface area is 247 Å². The quantitative estimate of drug-likeness (QED) is 0.130. The molecule has 0 spiro atoms. The second-order valence-corrected chi connectivity index (χ2v) is 11.6. The minimum atomic E-state index is 0.260. The van der Waals surface area contributed by atoms with Crippen LogP contribution in [-0.2, 0) is 0 Å². The van der Waals surface area contributed by atoms with E-state index < -0.39 is 0 Å². The van der Waals surface area contributed by atoms with Gasteiger partial charge < -0.3 is 46.2 Å². The van der Waals surface area contributed by atoms with Gasteiger partial charge in [0, 0.05) is 105 Å². The van der Waals surface area contributed by atoms with Crippen LogP contribution in [0.4, 0.5) is 17.2 Å². The van der Waals surface area contributed by atoms with E-state index in [9.17, 15) is 0 Å². The van der Waals surface area contributed by atoms with Crippen LogP contribution in [0.2, 0.25) is 0 Å². The van der Waals surface area contributed by atoms with E-state index >= 15 is 0 Å². The molecule has 4 rings (SSSR count). The number of fused-ring (bicyclic) bond motifs is 1. The molecule has 12 heteroatoms. The van der Waals surface area contributed by atoms with E-state index in [0.29, 0.717) is 0 Å². The Bertz CT molecular complexity index is 849. The summed E-state index contributed by atoms with van der Waals surface area (Å²) in [5.74, 6) is 1.05. The molecule has 0 amide bonds. The van der Waals surface area contributed by atoms with Crippen LogP contribution < -0.4 is 26.2 Å². The van der Waals surface area contributed by atoms with Gasteiger partial charge in [0.1, 0.15) is 0 Å². The second kappa shape index (κ2) is 18.0. The first-order valence-corrected chi connectivity index (χ1v) is 15.9. The number of hydrogen-bond acceptors (Lipinski definition) is 12. The minimum Gasteiger partial charge on any atom is -0.397 e. The third-order valence-electron chi connectivity index (χ3n) is 8.68. The lowest BCUT2D eigenvalue weighted by Crippen LogP contribution is -2.48. The second-order valence-electron chi connectivity index (χ2n) is 11.6. The summed E-state index contributed by atoms with van der Waals surface area (Å²) < 4.78 is 0. The Kier molecular flexibility index (Phi) is 14.1. The summed E-state index contributed by atoms with van der Waals surface area (Å²) in [6.45, 7) is 20.9. The van der Waals surface area contributed by atoms with Gasteiger partial charge in [-0.05, 0) is 45.1 Å². The summed E-state index contributed by atoms with van der Waals surface area (Å²) in [6.07, 6.45) is 4.10. The maximum atomic E-state index is 9.11. The molecule has 0 radical (unpaired) electrons. The summed E-state index contributed by atoms with van der Waals surface area (Å²) in [5.41, 5.74) is 8.02. The maximum absolute atomic E-state index is 9.11. The smallest absolute Gasteiger partial charge is 0.152 e. The number of nitrogen functional groups attached to an aromatic ring is 1. The molecule has 3 aliphatic rings. The lowest BCUT2D eigenvalue weighted by Gasteiger charge is -2.38. The number of rotatable bonds is 18. The fourth-order valence-electron chi connectivity index (χ4n) is 6.14. The fraction of sp³-hybridized carbons (Fsp3) is 0.828. The van der Waals surface area contributed by atoms with E-state index in [1.165, 1.54) is 0 Å². The number of nitrogens with two attached hydrogens (primary N) is 1. The first-order chi connectivity index (χ1) is 20.2. The first kappa shape index (κ1) is 32.2. The SMILES string of the molecule is Nc1cnc2c(c1)N(CCNCCCN1CCN(CCO)CC1)CCN2CCNCCCN1CCN(CCO)CC1. The van der Waals surface area contributed by atoms with Gasteiger partial charge >= 0.3 is 0 Å². The van der Waals surface area contributed by atoms with E-state index in [1.807, 2.05) is 0 Å². The number of nitrogens with zero attached hydrogens (tertiary/aromatic N) is 7. The van der Waals surface area contributed by atoms with Crippen LogP contribution in [0.1, 0.15) is 12.8 Å². The molecular weight excluding hydrogens is 520 g/mol. The molecule has 1 aromatic heterocycles. The lowest BCUT2D eigenvalue weighted by molar-refractivity contribution is 0.112. The number of nitrogens with one attached hydrogen (secondary N) is 2. The van der Waals surface area contributed by atoms with Crippen molar-refractivity contribution in [2.75, 3.05) is 160 Å². The lowest BCUT2D eigenvalue weighted by atomic mass is 10.2. The van der Waals surface area contributed by atoms with Crippen molar-refractivity contribution >= 4 is 17.2 Å². The highest BCUT2D eigenvalue weighted by atomic mass is 16.3. The van der Waals surface area contributed by atoms with Gasteiger partial charge in [0.2, 0.25) is 0 Å². The third kappa shape index (κ3) is 10.8. The summed E-state index contributed by atoms with van der Waals surface area (Å²) >= 11 is 0. The van der Waals surface area contributed by atoms with E-state index in [-0.39, 0.29) is 13.2 Å². The molecule has 41 heavy (non-hydrogen) atoms. The molecular formula is C29H56N10O2. The van der Waals surface area contributed by atoms with Crippen molar-refractivity contribution in [1.29, 1.82) is 0 Å². The zero-order valence-corrected chi connectivity index (χ0v) is 25.2. The number of hydrogen-bond donors (Lipinski definition) is 5. The van der Waals surface area contributed by atoms with Crippen LogP contribution in [0.5, 0.6) is 0 Å². The highest BCUT2D eigenvalue weighted by Crippen LogP contribution is 2.32. The molecule has 0 aromatic carbocycles. The first-order valence-electron chi connectivity index (χ1n) is 15.9. The van der Waals surface area contributed by atoms with Gasteiger partial charge in [-0.25, -0.2) is 4.98 Å². The number of β-amino-alcohol motifs (C(OH)–C–C–N with tert-alkyl or cyclic N) is 2. The molecule has 2 saturated heterocycles. The molecule has 0 aliphatic carbocycles. The van der Waals surface area contributed by atoms with Gasteiger partial charge in [-0.2, -0.15) is 0 Å². The number of aliphatic hydroxyl groups excluding tert-OH is 2. The average Bonchev–Trinajstić information content (AvgIpc) is 2.99. The molecule has 234 valence electrons. The Hall–Kier alpha value is -1.77. The number of pyridine rings is 1. The Balaban J connectivity index is 1.08. The summed E-state index contributed by atoms with van der Waals surface area (Å²) in [4.78, 5) is 19.3. The summed E-state index contributed by atoms with van der Waals surface area (Å²) in [5, 5.41) is 25.5. The van der Waals surface area contributed by atoms with Crippen LogP contribution in [0.25, 0.3) is 0 Å². The standard InChI is InChI=1S/C29H56N10O2/c30-27-25-28-29(33-26-27)39(10-6-32-4-2-8-35-13-17-37(18-14-35)22-24-41)20-19-38(28)9-5-31-3-1-7-34-11-15-36(16-12-34)21-23-40/h25-26,31-32,40-41H,1-24,30H2. The molecule has 0 bridgehead atoms. The van der Waals surface area contributed by atoms with Crippen LogP contribution >= 0.6 is 0 Å². The molecule has 1 aromatic rings. The predicted octanol–water partition coefficient (Wildman–Crippen LogP) is -1.53. The zero-order valence-electron chi connectivity index (χ0n) is 25.2. The predicted molar refractivity (Wildman–Crippen MR) is 168 cm³/mol. The van der Waals surface area contributed by atoms with Gasteiger partial charge in [-0.15, -0.1) is 0 Å². The molecule has 4 heterocycles. The van der Waals surface area contributed by atoms with Crippen molar-refractivity contribution in [3.8, 4) is 0 Å². The Morgan fingerprint density at radius 1 is 0.610 bits per heavy atom. The Morgan fingerprint density at radius 2 is 1.07 bits per heavy atom. The van der Waals surface area contributed by atoms with Gasteiger partial charge in [0.05, 0.1) is 30.8 Å². The third-order valence-corrected chi connectivity index (χ3v) is 8.68. The maximum Gasteiger partial charge on any atom is 0.152 e.